The van der Waals surface area contributed by atoms with E-state index in [0.29, 0.717) is 19.5 Å². The van der Waals surface area contributed by atoms with E-state index in [0.717, 1.165) is 23.5 Å². The van der Waals surface area contributed by atoms with Gasteiger partial charge in [0.25, 0.3) is 0 Å². The summed E-state index contributed by atoms with van der Waals surface area (Å²) in [7, 11) is 3.24. The minimum atomic E-state index is -0.130. The Morgan fingerprint density at radius 3 is 2.53 bits per heavy atom. The van der Waals surface area contributed by atoms with Crippen molar-refractivity contribution in [2.75, 3.05) is 27.3 Å². The van der Waals surface area contributed by atoms with Gasteiger partial charge in [0, 0.05) is 19.2 Å². The van der Waals surface area contributed by atoms with Crippen molar-refractivity contribution in [1.29, 1.82) is 0 Å². The molecule has 0 saturated heterocycles. The first kappa shape index (κ1) is 15.1. The van der Waals surface area contributed by atoms with Crippen LogP contribution in [0.4, 0.5) is 4.79 Å². The Morgan fingerprint density at radius 2 is 1.89 bits per heavy atom. The van der Waals surface area contributed by atoms with Gasteiger partial charge in [-0.3, -0.25) is 0 Å². The fraction of sp³-hybridized carbons (Fsp3) is 0.500. The third kappa shape index (κ3) is 5.07. The van der Waals surface area contributed by atoms with E-state index in [1.807, 2.05) is 25.1 Å². The van der Waals surface area contributed by atoms with Crippen LogP contribution in [0.5, 0.6) is 11.5 Å². The monoisotopic (exact) mass is 266 g/mol. The number of ether oxygens (including phenoxy) is 2. The SMILES string of the molecule is CCCNC(=O)NCCc1ccc(OC)cc1OC. The molecule has 0 unspecified atom stereocenters. The predicted octanol–water partition coefficient (Wildman–Crippen LogP) is 1.96. The van der Waals surface area contributed by atoms with Crippen molar-refractivity contribution in [1.82, 2.24) is 10.6 Å². The molecule has 0 saturated carbocycles. The summed E-state index contributed by atoms with van der Waals surface area (Å²) in [5.41, 5.74) is 1.04. The summed E-state index contributed by atoms with van der Waals surface area (Å²) in [5, 5.41) is 5.57. The number of hydrogen-bond acceptors (Lipinski definition) is 3. The smallest absolute Gasteiger partial charge is 0.314 e. The fourth-order valence-corrected chi connectivity index (χ4v) is 1.67. The number of urea groups is 1. The number of carbonyl (C=O) groups excluding carboxylic acids is 1. The molecule has 0 radical (unpaired) electrons. The summed E-state index contributed by atoms with van der Waals surface area (Å²) in [6, 6.07) is 5.54. The maximum Gasteiger partial charge on any atom is 0.314 e. The minimum Gasteiger partial charge on any atom is -0.497 e. The Labute approximate surface area is 114 Å². The van der Waals surface area contributed by atoms with Gasteiger partial charge in [-0.05, 0) is 24.5 Å². The standard InChI is InChI=1S/C14H22N2O3/c1-4-8-15-14(17)16-9-7-11-5-6-12(18-2)10-13(11)19-3/h5-6,10H,4,7-9H2,1-3H3,(H2,15,16,17). The van der Waals surface area contributed by atoms with Gasteiger partial charge >= 0.3 is 6.03 Å². The third-order valence-corrected chi connectivity index (χ3v) is 2.71. The zero-order chi connectivity index (χ0) is 14.1. The van der Waals surface area contributed by atoms with Gasteiger partial charge in [-0.2, -0.15) is 0 Å². The first-order valence-corrected chi connectivity index (χ1v) is 6.43. The molecule has 0 atom stereocenters. The van der Waals surface area contributed by atoms with Crippen LogP contribution in [-0.4, -0.2) is 33.3 Å². The van der Waals surface area contributed by atoms with E-state index in [1.165, 1.54) is 0 Å². The molecule has 0 aliphatic rings. The molecule has 0 heterocycles. The fourth-order valence-electron chi connectivity index (χ4n) is 1.67. The molecule has 0 spiro atoms. The Balaban J connectivity index is 2.46. The highest BCUT2D eigenvalue weighted by Crippen LogP contribution is 2.24. The van der Waals surface area contributed by atoms with Gasteiger partial charge < -0.3 is 20.1 Å². The van der Waals surface area contributed by atoms with Gasteiger partial charge in [0.2, 0.25) is 0 Å². The molecular weight excluding hydrogens is 244 g/mol. The van der Waals surface area contributed by atoms with E-state index < -0.39 is 0 Å². The van der Waals surface area contributed by atoms with E-state index in [9.17, 15) is 4.79 Å². The van der Waals surface area contributed by atoms with Gasteiger partial charge in [-0.1, -0.05) is 13.0 Å². The lowest BCUT2D eigenvalue weighted by atomic mass is 10.1. The Hall–Kier alpha value is -1.91. The highest BCUT2D eigenvalue weighted by atomic mass is 16.5. The molecule has 1 aromatic carbocycles. The van der Waals surface area contributed by atoms with E-state index in [4.69, 9.17) is 9.47 Å². The molecule has 0 fully saturated rings. The van der Waals surface area contributed by atoms with Crippen LogP contribution in [0.25, 0.3) is 0 Å². The Morgan fingerprint density at radius 1 is 1.16 bits per heavy atom. The van der Waals surface area contributed by atoms with Crippen molar-refractivity contribution in [2.24, 2.45) is 0 Å². The molecule has 19 heavy (non-hydrogen) atoms. The normalized spacial score (nSPS) is 9.84. The average Bonchev–Trinajstić information content (AvgIpc) is 2.45. The number of carbonyl (C=O) groups is 1. The molecule has 106 valence electrons. The summed E-state index contributed by atoms with van der Waals surface area (Å²) in [6.45, 7) is 3.28. The van der Waals surface area contributed by atoms with Gasteiger partial charge in [0.1, 0.15) is 11.5 Å². The molecule has 0 aliphatic heterocycles. The molecular formula is C14H22N2O3. The van der Waals surface area contributed by atoms with Crippen LogP contribution >= 0.6 is 0 Å². The third-order valence-electron chi connectivity index (χ3n) is 2.71. The van der Waals surface area contributed by atoms with Gasteiger partial charge in [-0.15, -0.1) is 0 Å². The molecule has 2 amide bonds. The second-order valence-corrected chi connectivity index (χ2v) is 4.11. The highest BCUT2D eigenvalue weighted by Gasteiger charge is 2.05. The number of rotatable bonds is 7. The first-order chi connectivity index (χ1) is 9.21. The maximum absolute atomic E-state index is 11.4. The van der Waals surface area contributed by atoms with Crippen LogP contribution in [0.2, 0.25) is 0 Å². The van der Waals surface area contributed by atoms with Crippen molar-refractivity contribution in [3.8, 4) is 11.5 Å². The van der Waals surface area contributed by atoms with Crippen LogP contribution < -0.4 is 20.1 Å². The number of methoxy groups -OCH3 is 2. The van der Waals surface area contributed by atoms with Gasteiger partial charge in [-0.25, -0.2) is 4.79 Å². The zero-order valence-electron chi connectivity index (χ0n) is 11.8. The maximum atomic E-state index is 11.4. The summed E-state index contributed by atoms with van der Waals surface area (Å²) < 4.78 is 10.4. The number of nitrogens with one attached hydrogen (secondary N) is 2. The molecule has 5 heteroatoms. The summed E-state index contributed by atoms with van der Waals surface area (Å²) in [5.74, 6) is 1.53. The second-order valence-electron chi connectivity index (χ2n) is 4.11. The summed E-state index contributed by atoms with van der Waals surface area (Å²) in [6.07, 6.45) is 1.65. The van der Waals surface area contributed by atoms with Crippen molar-refractivity contribution < 1.29 is 14.3 Å². The lowest BCUT2D eigenvalue weighted by molar-refractivity contribution is 0.241. The van der Waals surface area contributed by atoms with Gasteiger partial charge in [0.15, 0.2) is 0 Å². The first-order valence-electron chi connectivity index (χ1n) is 6.43. The molecule has 0 bridgehead atoms. The van der Waals surface area contributed by atoms with E-state index in [2.05, 4.69) is 10.6 Å². The van der Waals surface area contributed by atoms with Crippen molar-refractivity contribution >= 4 is 6.03 Å². The zero-order valence-corrected chi connectivity index (χ0v) is 11.8. The van der Waals surface area contributed by atoms with Crippen LogP contribution in [0.15, 0.2) is 18.2 Å². The van der Waals surface area contributed by atoms with Crippen LogP contribution in [0.1, 0.15) is 18.9 Å². The summed E-state index contributed by atoms with van der Waals surface area (Å²) in [4.78, 5) is 11.4. The van der Waals surface area contributed by atoms with Crippen LogP contribution in [0, 0.1) is 0 Å². The van der Waals surface area contributed by atoms with Crippen molar-refractivity contribution in [2.45, 2.75) is 19.8 Å². The van der Waals surface area contributed by atoms with Crippen LogP contribution in [-0.2, 0) is 6.42 Å². The van der Waals surface area contributed by atoms with Crippen LogP contribution in [0.3, 0.4) is 0 Å². The average molecular weight is 266 g/mol. The number of amides is 2. The molecule has 1 aromatic rings. The molecule has 0 aliphatic carbocycles. The van der Waals surface area contributed by atoms with Crippen molar-refractivity contribution in [3.63, 3.8) is 0 Å². The van der Waals surface area contributed by atoms with E-state index in [-0.39, 0.29) is 6.03 Å². The lowest BCUT2D eigenvalue weighted by Gasteiger charge is -2.11. The quantitative estimate of drug-likeness (QED) is 0.793. The molecule has 5 nitrogen and oxygen atoms in total. The van der Waals surface area contributed by atoms with Gasteiger partial charge in [0.05, 0.1) is 14.2 Å². The number of hydrogen-bond donors (Lipinski definition) is 2. The Bertz CT molecular complexity index is 408. The molecule has 0 aromatic heterocycles. The molecule has 1 rings (SSSR count). The molecule has 2 N–H and O–H groups in total. The summed E-state index contributed by atoms with van der Waals surface area (Å²) >= 11 is 0. The number of benzene rings is 1. The van der Waals surface area contributed by atoms with E-state index >= 15 is 0 Å². The second kappa shape index (κ2) is 8.24. The minimum absolute atomic E-state index is 0.130. The largest absolute Gasteiger partial charge is 0.497 e. The van der Waals surface area contributed by atoms with E-state index in [1.54, 1.807) is 14.2 Å². The van der Waals surface area contributed by atoms with Crippen molar-refractivity contribution in [3.05, 3.63) is 23.8 Å². The predicted molar refractivity (Wildman–Crippen MR) is 74.9 cm³/mol. The topological polar surface area (TPSA) is 59.6 Å². The highest BCUT2D eigenvalue weighted by molar-refractivity contribution is 5.73. The Kier molecular flexibility index (Phi) is 6.57. The lowest BCUT2D eigenvalue weighted by Crippen LogP contribution is -2.36.